The zero-order chi connectivity index (χ0) is 75.0. The van der Waals surface area contributed by atoms with E-state index in [0.717, 1.165) is 135 Å². The molecule has 4 aliphatic rings. The van der Waals surface area contributed by atoms with Gasteiger partial charge in [-0.1, -0.05) is 150 Å². The molecular weight excluding hydrogens is 1360 g/mol. The summed E-state index contributed by atoms with van der Waals surface area (Å²) in [7, 11) is 2.58. The Morgan fingerprint density at radius 3 is 1.29 bits per heavy atom. The second-order valence-corrected chi connectivity index (χ2v) is 29.9. The van der Waals surface area contributed by atoms with E-state index in [0.29, 0.717) is 57.1 Å². The predicted molar refractivity (Wildman–Crippen MR) is 409 cm³/mol. The highest BCUT2D eigenvalue weighted by atomic mass is 16.5. The fraction of sp³-hybridized carbons (Fsp3) is 0.381. The number of hydrogen-bond acceptors (Lipinski definition) is 14. The van der Waals surface area contributed by atoms with Crippen molar-refractivity contribution in [1.82, 2.24) is 80.9 Å². The van der Waals surface area contributed by atoms with E-state index in [1.807, 2.05) is 80.4 Å². The Hall–Kier alpha value is -11.6. The quantitative estimate of drug-likeness (QED) is 0.0295. The highest BCUT2D eigenvalue weighted by molar-refractivity contribution is 5.88. The van der Waals surface area contributed by atoms with Crippen LogP contribution in [0.3, 0.4) is 0 Å². The van der Waals surface area contributed by atoms with Crippen LogP contribution in [0.2, 0.25) is 0 Å². The van der Waals surface area contributed by atoms with Gasteiger partial charge in [-0.25, -0.2) is 29.5 Å². The number of nitrogens with one attached hydrogen (secondary N) is 8. The average molecular weight is 1460 g/mol. The van der Waals surface area contributed by atoms with E-state index in [9.17, 15) is 24.0 Å². The van der Waals surface area contributed by atoms with E-state index in [2.05, 4.69) is 148 Å². The van der Waals surface area contributed by atoms with Crippen LogP contribution in [0.4, 0.5) is 9.59 Å². The molecule has 14 rings (SSSR count). The fourth-order valence-electron chi connectivity index (χ4n) is 16.5. The van der Waals surface area contributed by atoms with Crippen molar-refractivity contribution in [2.45, 2.75) is 141 Å². The number of carbonyl (C=O) groups is 6. The van der Waals surface area contributed by atoms with E-state index in [1.54, 1.807) is 31.0 Å². The number of pyridine rings is 2. The molecule has 10 atom stereocenters. The van der Waals surface area contributed by atoms with Gasteiger partial charge < -0.3 is 60.5 Å². The highest BCUT2D eigenvalue weighted by Crippen LogP contribution is 2.49. The van der Waals surface area contributed by atoms with E-state index in [4.69, 9.17) is 29.4 Å². The van der Waals surface area contributed by atoms with Gasteiger partial charge in [-0.3, -0.25) is 29.1 Å². The second-order valence-electron chi connectivity index (χ2n) is 29.9. The molecule has 8 N–H and O–H groups in total. The Kier molecular flexibility index (Phi) is 22.5. The standard InChI is InChI=1S/C84H94N16O8/c1-49(2)73(97-83(105)107-5)81(103)99-37-11-16-71(99)77-89-46-69(95-77)59-29-21-55(22-30-59)54-19-27-58(28-20-54)68-45-88-76(94-68)64-34-33-61(38-66(64)80(102)92-43-52-13-10-36-86-41-52)62-39-72(100(48-62)82(104)74(50(3)4)98-84(106)108-6)78-90-47-70(96-78)60-31-23-56(24-32-60)53-17-25-57(26-18-53)67-44-87-75(93-67)63-14-7-8-15-65(63)79(101)91-42-51-12-9-35-85-40-51/h9-10,12-13,17-32,35-36,40-41,44-47,49-50,61-66,71-74H,7-8,11,14-16,33-34,37-39,42-43,48H2,1-6H3,(H,87,93)(H,88,94)(H,89,95)(H,90,96)(H,91,101)(H,92,102)(H,97,105)(H,98,106)/t61?,62?,63-,64+,65-,66-,71-,72-,73-,74-/m0/s1. The molecule has 10 aromatic rings. The van der Waals surface area contributed by atoms with Crippen LogP contribution in [0, 0.1) is 35.5 Å². The number of likely N-dealkylation sites (tertiary alicyclic amines) is 2. The number of alkyl carbamates (subject to hydrolysis) is 2. The van der Waals surface area contributed by atoms with Gasteiger partial charge in [0.05, 0.1) is 73.9 Å². The van der Waals surface area contributed by atoms with Gasteiger partial charge in [-0.15, -0.1) is 0 Å². The molecule has 2 aliphatic heterocycles. The summed E-state index contributed by atoms with van der Waals surface area (Å²) in [6, 6.07) is 38.7. The molecule has 558 valence electrons. The van der Waals surface area contributed by atoms with Crippen LogP contribution in [-0.2, 0) is 41.7 Å². The first-order valence-corrected chi connectivity index (χ1v) is 37.8. The molecule has 2 unspecified atom stereocenters. The van der Waals surface area contributed by atoms with Gasteiger partial charge in [0.25, 0.3) is 0 Å². The molecule has 108 heavy (non-hydrogen) atoms. The van der Waals surface area contributed by atoms with Crippen molar-refractivity contribution < 1.29 is 38.2 Å². The first kappa shape index (κ1) is 73.3. The molecule has 6 amide bonds. The van der Waals surface area contributed by atoms with Crippen molar-refractivity contribution in [3.63, 3.8) is 0 Å². The summed E-state index contributed by atoms with van der Waals surface area (Å²) in [6.45, 7) is 9.33. The number of nitrogens with zero attached hydrogens (tertiary/aromatic N) is 8. The fourth-order valence-corrected chi connectivity index (χ4v) is 16.5. The molecule has 2 saturated carbocycles. The Balaban J connectivity index is 0.648. The maximum atomic E-state index is 15.1. The number of methoxy groups -OCH3 is 2. The second kappa shape index (κ2) is 33.1. The SMILES string of the molecule is COC(=O)N[C@H](C(=O)N1CCC[C@H]1c1ncc(-c2ccc(-c3ccc(-c4cnc([C@@H]5CCC(C6C[C@@H](c7ncc(-c8ccc(-c9ccc(-c%10cnc([C@H]%11CCCC[C@@H]%11C(=O)NCc%11cccnc%11)[nH]%10)cc9)cc8)[nH]7)N(C(=O)[C@@H](NC(=O)OC)C(C)C)C6)C[C@@H]5C(=O)NCc5cccnc5)[nH]4)cc3)cc2)[nH]1)C(C)C. The maximum absolute atomic E-state index is 15.1. The lowest BCUT2D eigenvalue weighted by molar-refractivity contribution is -0.136. The summed E-state index contributed by atoms with van der Waals surface area (Å²) < 4.78 is 9.85. The third-order valence-corrected chi connectivity index (χ3v) is 22.5. The minimum Gasteiger partial charge on any atom is -0.453 e. The summed E-state index contributed by atoms with van der Waals surface area (Å²) in [6.07, 6.45) is 20.9. The minimum atomic E-state index is -0.869. The van der Waals surface area contributed by atoms with Crippen LogP contribution >= 0.6 is 0 Å². The van der Waals surface area contributed by atoms with Crippen molar-refractivity contribution in [2.24, 2.45) is 35.5 Å². The smallest absolute Gasteiger partial charge is 0.407 e. The van der Waals surface area contributed by atoms with Crippen LogP contribution in [0.25, 0.3) is 67.3 Å². The molecule has 0 radical (unpaired) electrons. The number of H-pyrrole nitrogens is 4. The summed E-state index contributed by atoms with van der Waals surface area (Å²) in [5, 5.41) is 11.9. The van der Waals surface area contributed by atoms with Crippen molar-refractivity contribution in [3.05, 3.63) is 205 Å². The zero-order valence-corrected chi connectivity index (χ0v) is 61.8. The first-order chi connectivity index (χ1) is 52.5. The summed E-state index contributed by atoms with van der Waals surface area (Å²) in [5.74, 6) is 1.28. The molecule has 8 heterocycles. The number of benzene rings is 4. The van der Waals surface area contributed by atoms with Gasteiger partial charge >= 0.3 is 12.2 Å². The highest BCUT2D eigenvalue weighted by Gasteiger charge is 2.48. The van der Waals surface area contributed by atoms with Crippen molar-refractivity contribution in [1.29, 1.82) is 0 Å². The van der Waals surface area contributed by atoms with Crippen LogP contribution < -0.4 is 21.3 Å². The molecule has 24 nitrogen and oxygen atoms in total. The van der Waals surface area contributed by atoms with E-state index in [-0.39, 0.29) is 71.1 Å². The van der Waals surface area contributed by atoms with Gasteiger partial charge in [0.2, 0.25) is 23.6 Å². The molecule has 6 aromatic heterocycles. The molecule has 2 saturated heterocycles. The maximum Gasteiger partial charge on any atom is 0.407 e. The van der Waals surface area contributed by atoms with Crippen molar-refractivity contribution in [2.75, 3.05) is 27.3 Å². The Morgan fingerprint density at radius 2 is 0.843 bits per heavy atom. The van der Waals surface area contributed by atoms with Gasteiger partial charge in [0.1, 0.15) is 35.4 Å². The third-order valence-electron chi connectivity index (χ3n) is 22.5. The normalized spacial score (nSPS) is 20.6. The number of aromatic nitrogens is 10. The van der Waals surface area contributed by atoms with Crippen LogP contribution in [0.1, 0.15) is 150 Å². The molecule has 4 aromatic carbocycles. The molecule has 4 fully saturated rings. The molecule has 0 spiro atoms. The largest absolute Gasteiger partial charge is 0.453 e. The first-order valence-electron chi connectivity index (χ1n) is 37.8. The third kappa shape index (κ3) is 16.4. The van der Waals surface area contributed by atoms with Crippen LogP contribution in [0.5, 0.6) is 0 Å². The molecule has 2 aliphatic carbocycles. The minimum absolute atomic E-state index is 0.00286. The van der Waals surface area contributed by atoms with Crippen LogP contribution in [-0.4, -0.2) is 135 Å². The lowest BCUT2D eigenvalue weighted by atomic mass is 9.68. The molecular formula is C84H94N16O8. The van der Waals surface area contributed by atoms with Crippen molar-refractivity contribution in [3.8, 4) is 67.3 Å². The number of amides is 6. The van der Waals surface area contributed by atoms with E-state index >= 15 is 4.79 Å². The average Bonchev–Trinajstić information content (AvgIpc) is 1.62. The van der Waals surface area contributed by atoms with Gasteiger partial charge in [-0.05, 0) is 143 Å². The topological polar surface area (TPSA) is 316 Å². The van der Waals surface area contributed by atoms with E-state index in [1.165, 1.54) is 14.2 Å². The monoisotopic (exact) mass is 1450 g/mol. The number of ether oxygens (including phenoxy) is 2. The lowest BCUT2D eigenvalue weighted by Gasteiger charge is -2.37. The van der Waals surface area contributed by atoms with Gasteiger partial charge in [0, 0.05) is 74.6 Å². The molecule has 0 bridgehead atoms. The number of rotatable bonds is 23. The Bertz CT molecular complexity index is 4750. The lowest BCUT2D eigenvalue weighted by Crippen LogP contribution is -2.51. The Labute approximate surface area is 628 Å². The summed E-state index contributed by atoms with van der Waals surface area (Å²) in [4.78, 5) is 128. The van der Waals surface area contributed by atoms with Gasteiger partial charge in [-0.2, -0.15) is 0 Å². The summed E-state index contributed by atoms with van der Waals surface area (Å²) in [5.41, 5.74) is 13.2. The van der Waals surface area contributed by atoms with Crippen molar-refractivity contribution >= 4 is 35.8 Å². The van der Waals surface area contributed by atoms with Crippen LogP contribution in [0.15, 0.2) is 171 Å². The molecule has 24 heteroatoms. The van der Waals surface area contributed by atoms with Gasteiger partial charge in [0.15, 0.2) is 0 Å². The Morgan fingerprint density at radius 1 is 0.435 bits per heavy atom. The zero-order valence-electron chi connectivity index (χ0n) is 61.8. The number of aromatic amines is 4. The predicted octanol–water partition coefficient (Wildman–Crippen LogP) is 13.8. The summed E-state index contributed by atoms with van der Waals surface area (Å²) >= 11 is 0. The van der Waals surface area contributed by atoms with E-state index < -0.39 is 36.2 Å². The number of carbonyl (C=O) groups excluding carboxylic acids is 6. The number of hydrogen-bond donors (Lipinski definition) is 8. The number of imidazole rings is 4.